The first-order chi connectivity index (χ1) is 5.96. The molecule has 68 valence electrons. The number of aromatic hydroxyl groups is 1. The summed E-state index contributed by atoms with van der Waals surface area (Å²) in [5, 5.41) is 22.5. The Morgan fingerprint density at radius 2 is 2.08 bits per heavy atom. The van der Waals surface area contributed by atoms with E-state index in [9.17, 15) is 8.42 Å². The number of phenolic OH excluding ortho intramolecular Hbond substituents is 1. The number of phenols is 1. The third kappa shape index (κ3) is 1.77. The summed E-state index contributed by atoms with van der Waals surface area (Å²) >= 11 is 0. The van der Waals surface area contributed by atoms with E-state index in [0.717, 1.165) is 6.07 Å². The second kappa shape index (κ2) is 3.05. The van der Waals surface area contributed by atoms with Gasteiger partial charge in [-0.15, -0.1) is 0 Å². The molecule has 0 fully saturated rings. The molecule has 0 heterocycles. The SMILES string of the molecule is N#Cc1cccc(O)c1S(N)(=O)=O. The Kier molecular flexibility index (Phi) is 2.23. The van der Waals surface area contributed by atoms with Gasteiger partial charge in [0.25, 0.3) is 0 Å². The van der Waals surface area contributed by atoms with Gasteiger partial charge in [0.2, 0.25) is 10.0 Å². The van der Waals surface area contributed by atoms with Crippen LogP contribution in [-0.2, 0) is 10.0 Å². The van der Waals surface area contributed by atoms with Crippen LogP contribution in [0.4, 0.5) is 0 Å². The number of nitrogens with two attached hydrogens (primary N) is 1. The zero-order valence-corrected chi connectivity index (χ0v) is 7.25. The minimum absolute atomic E-state index is 0.164. The first kappa shape index (κ1) is 9.51. The average molecular weight is 198 g/mol. The molecule has 1 aromatic carbocycles. The molecule has 0 spiro atoms. The van der Waals surface area contributed by atoms with Crippen LogP contribution in [-0.4, -0.2) is 13.5 Å². The number of hydrogen-bond donors (Lipinski definition) is 2. The molecule has 3 N–H and O–H groups in total. The van der Waals surface area contributed by atoms with Crippen molar-refractivity contribution in [2.24, 2.45) is 5.14 Å². The van der Waals surface area contributed by atoms with Crippen molar-refractivity contribution in [3.8, 4) is 11.8 Å². The first-order valence-corrected chi connectivity index (χ1v) is 4.76. The van der Waals surface area contributed by atoms with Crippen molar-refractivity contribution in [2.45, 2.75) is 4.90 Å². The van der Waals surface area contributed by atoms with Gasteiger partial charge < -0.3 is 5.11 Å². The van der Waals surface area contributed by atoms with E-state index in [1.165, 1.54) is 12.1 Å². The molecule has 0 amide bonds. The Labute approximate surface area is 75.1 Å². The van der Waals surface area contributed by atoms with E-state index in [1.54, 1.807) is 6.07 Å². The summed E-state index contributed by atoms with van der Waals surface area (Å²) in [6.45, 7) is 0. The fourth-order valence-corrected chi connectivity index (χ4v) is 1.69. The Hall–Kier alpha value is -1.58. The van der Waals surface area contributed by atoms with E-state index in [2.05, 4.69) is 0 Å². The number of nitrogens with zero attached hydrogens (tertiary/aromatic N) is 1. The molecule has 6 heteroatoms. The summed E-state index contributed by atoms with van der Waals surface area (Å²) in [6.07, 6.45) is 0. The molecule has 0 aliphatic heterocycles. The quantitative estimate of drug-likeness (QED) is 0.657. The number of nitriles is 1. The van der Waals surface area contributed by atoms with Gasteiger partial charge in [-0.25, -0.2) is 13.6 Å². The van der Waals surface area contributed by atoms with Gasteiger partial charge in [-0.05, 0) is 12.1 Å². The van der Waals surface area contributed by atoms with Gasteiger partial charge >= 0.3 is 0 Å². The fraction of sp³-hybridized carbons (Fsp3) is 0. The van der Waals surface area contributed by atoms with Gasteiger partial charge in [0.15, 0.2) is 0 Å². The zero-order valence-electron chi connectivity index (χ0n) is 6.43. The molecule has 0 aromatic heterocycles. The minimum atomic E-state index is -4.05. The topological polar surface area (TPSA) is 104 Å². The van der Waals surface area contributed by atoms with Gasteiger partial charge in [0.05, 0.1) is 5.56 Å². The number of rotatable bonds is 1. The van der Waals surface area contributed by atoms with Crippen LogP contribution in [0.2, 0.25) is 0 Å². The van der Waals surface area contributed by atoms with Crippen LogP contribution < -0.4 is 5.14 Å². The van der Waals surface area contributed by atoms with Gasteiger partial charge in [-0.3, -0.25) is 0 Å². The van der Waals surface area contributed by atoms with Gasteiger partial charge in [0, 0.05) is 0 Å². The van der Waals surface area contributed by atoms with Crippen LogP contribution in [0.3, 0.4) is 0 Å². The summed E-state index contributed by atoms with van der Waals surface area (Å²) in [5.41, 5.74) is -0.164. The highest BCUT2D eigenvalue weighted by Crippen LogP contribution is 2.24. The predicted molar refractivity (Wildman–Crippen MR) is 44.2 cm³/mol. The van der Waals surface area contributed by atoms with E-state index < -0.39 is 20.7 Å². The summed E-state index contributed by atoms with van der Waals surface area (Å²) < 4.78 is 21.8. The van der Waals surface area contributed by atoms with Gasteiger partial charge in [0.1, 0.15) is 16.7 Å². The Morgan fingerprint density at radius 3 is 2.46 bits per heavy atom. The maximum absolute atomic E-state index is 10.9. The Bertz CT molecular complexity index is 473. The van der Waals surface area contributed by atoms with Crippen molar-refractivity contribution < 1.29 is 13.5 Å². The van der Waals surface area contributed by atoms with E-state index in [4.69, 9.17) is 15.5 Å². The second-order valence-corrected chi connectivity index (χ2v) is 3.81. The van der Waals surface area contributed by atoms with E-state index in [-0.39, 0.29) is 5.56 Å². The van der Waals surface area contributed by atoms with E-state index >= 15 is 0 Å². The molecular formula is C7H6N2O3S. The summed E-state index contributed by atoms with van der Waals surface area (Å²) in [7, 11) is -4.05. The van der Waals surface area contributed by atoms with E-state index in [1.807, 2.05) is 0 Å². The van der Waals surface area contributed by atoms with Crippen LogP contribution in [0.5, 0.6) is 5.75 Å². The summed E-state index contributed by atoms with van der Waals surface area (Å²) in [5.74, 6) is -0.512. The normalized spacial score (nSPS) is 10.8. The summed E-state index contributed by atoms with van der Waals surface area (Å²) in [6, 6.07) is 5.40. The molecule has 1 aromatic rings. The maximum Gasteiger partial charge on any atom is 0.243 e. The molecule has 1 rings (SSSR count). The smallest absolute Gasteiger partial charge is 0.243 e. The third-order valence-electron chi connectivity index (χ3n) is 1.40. The molecule has 0 radical (unpaired) electrons. The minimum Gasteiger partial charge on any atom is -0.506 e. The lowest BCUT2D eigenvalue weighted by atomic mass is 10.2. The van der Waals surface area contributed by atoms with Crippen molar-refractivity contribution in [3.63, 3.8) is 0 Å². The standard InChI is InChI=1S/C7H6N2O3S/c8-4-5-2-1-3-6(10)7(5)13(9,11)12/h1-3,10H,(H2,9,11,12). The molecule has 0 atom stereocenters. The molecule has 0 bridgehead atoms. The Morgan fingerprint density at radius 1 is 1.46 bits per heavy atom. The largest absolute Gasteiger partial charge is 0.506 e. The molecule has 13 heavy (non-hydrogen) atoms. The van der Waals surface area contributed by atoms with Crippen molar-refractivity contribution in [1.82, 2.24) is 0 Å². The number of primary sulfonamides is 1. The molecule has 0 aliphatic carbocycles. The molecular weight excluding hydrogens is 192 g/mol. The molecule has 5 nitrogen and oxygen atoms in total. The molecule has 0 unspecified atom stereocenters. The molecule has 0 aliphatic rings. The predicted octanol–water partition coefficient (Wildman–Crippen LogP) is -0.0887. The van der Waals surface area contributed by atoms with Crippen LogP contribution >= 0.6 is 0 Å². The Balaban J connectivity index is 3.62. The highest BCUT2D eigenvalue weighted by Gasteiger charge is 2.18. The zero-order chi connectivity index (χ0) is 10.1. The average Bonchev–Trinajstić information content (AvgIpc) is 2.01. The first-order valence-electron chi connectivity index (χ1n) is 3.21. The van der Waals surface area contributed by atoms with Crippen molar-refractivity contribution in [1.29, 1.82) is 5.26 Å². The monoisotopic (exact) mass is 198 g/mol. The lowest BCUT2D eigenvalue weighted by Gasteiger charge is -2.02. The second-order valence-electron chi connectivity index (χ2n) is 2.31. The molecule has 0 saturated heterocycles. The lowest BCUT2D eigenvalue weighted by Crippen LogP contribution is -2.13. The highest BCUT2D eigenvalue weighted by molar-refractivity contribution is 7.89. The molecule has 0 saturated carbocycles. The highest BCUT2D eigenvalue weighted by atomic mass is 32.2. The van der Waals surface area contributed by atoms with Gasteiger partial charge in [-0.1, -0.05) is 6.07 Å². The lowest BCUT2D eigenvalue weighted by molar-refractivity contribution is 0.458. The van der Waals surface area contributed by atoms with Crippen LogP contribution in [0.25, 0.3) is 0 Å². The number of hydrogen-bond acceptors (Lipinski definition) is 4. The fourth-order valence-electron chi connectivity index (χ4n) is 0.912. The van der Waals surface area contributed by atoms with Gasteiger partial charge in [-0.2, -0.15) is 5.26 Å². The summed E-state index contributed by atoms with van der Waals surface area (Å²) in [4.78, 5) is -0.530. The number of sulfonamides is 1. The maximum atomic E-state index is 10.9. The third-order valence-corrected chi connectivity index (χ3v) is 2.40. The number of benzene rings is 1. The van der Waals surface area contributed by atoms with Crippen LogP contribution in [0, 0.1) is 11.3 Å². The van der Waals surface area contributed by atoms with E-state index in [0.29, 0.717) is 0 Å². The van der Waals surface area contributed by atoms with Crippen molar-refractivity contribution in [3.05, 3.63) is 23.8 Å². The van der Waals surface area contributed by atoms with Crippen LogP contribution in [0.15, 0.2) is 23.1 Å². The van der Waals surface area contributed by atoms with Crippen molar-refractivity contribution >= 4 is 10.0 Å². The van der Waals surface area contributed by atoms with Crippen molar-refractivity contribution in [2.75, 3.05) is 0 Å². The van der Waals surface area contributed by atoms with Crippen LogP contribution in [0.1, 0.15) is 5.56 Å².